The Bertz CT molecular complexity index is 361. The monoisotopic (exact) mass is 254 g/mol. The van der Waals surface area contributed by atoms with Crippen LogP contribution in [0.3, 0.4) is 0 Å². The SMILES string of the molecule is Fc1cccc(OCC2(CS)CCCCC2)c1. The van der Waals surface area contributed by atoms with Crippen LogP contribution in [-0.4, -0.2) is 12.4 Å². The average Bonchev–Trinajstić information content (AvgIpc) is 2.38. The molecule has 0 radical (unpaired) electrons. The third-order valence-corrected chi connectivity index (χ3v) is 4.26. The largest absolute Gasteiger partial charge is 0.493 e. The fourth-order valence-electron chi connectivity index (χ4n) is 2.44. The van der Waals surface area contributed by atoms with E-state index < -0.39 is 0 Å². The van der Waals surface area contributed by atoms with E-state index >= 15 is 0 Å². The minimum atomic E-state index is -0.244. The van der Waals surface area contributed by atoms with Gasteiger partial charge in [-0.15, -0.1) is 0 Å². The molecule has 1 aliphatic rings. The van der Waals surface area contributed by atoms with Gasteiger partial charge in [0, 0.05) is 11.5 Å². The third-order valence-electron chi connectivity index (χ3n) is 3.59. The van der Waals surface area contributed by atoms with Crippen LogP contribution in [0.15, 0.2) is 24.3 Å². The van der Waals surface area contributed by atoms with Gasteiger partial charge in [-0.25, -0.2) is 4.39 Å². The van der Waals surface area contributed by atoms with Gasteiger partial charge in [0.2, 0.25) is 0 Å². The van der Waals surface area contributed by atoms with Crippen LogP contribution in [0.25, 0.3) is 0 Å². The molecule has 0 aromatic heterocycles. The molecule has 0 bridgehead atoms. The normalized spacial score (nSPS) is 18.9. The van der Waals surface area contributed by atoms with Gasteiger partial charge in [-0.1, -0.05) is 25.3 Å². The Morgan fingerprint density at radius 1 is 1.24 bits per heavy atom. The van der Waals surface area contributed by atoms with Crippen molar-refractivity contribution in [2.45, 2.75) is 32.1 Å². The van der Waals surface area contributed by atoms with Crippen LogP contribution in [0, 0.1) is 11.2 Å². The van der Waals surface area contributed by atoms with Crippen molar-refractivity contribution in [3.63, 3.8) is 0 Å². The predicted molar refractivity (Wildman–Crippen MR) is 71.3 cm³/mol. The van der Waals surface area contributed by atoms with Gasteiger partial charge in [0.15, 0.2) is 0 Å². The topological polar surface area (TPSA) is 9.23 Å². The lowest BCUT2D eigenvalue weighted by Gasteiger charge is -2.35. The van der Waals surface area contributed by atoms with Gasteiger partial charge in [-0.2, -0.15) is 12.6 Å². The van der Waals surface area contributed by atoms with Crippen LogP contribution in [0.5, 0.6) is 5.75 Å². The quantitative estimate of drug-likeness (QED) is 0.796. The molecule has 1 aromatic carbocycles. The van der Waals surface area contributed by atoms with E-state index in [1.807, 2.05) is 0 Å². The second-order valence-electron chi connectivity index (χ2n) is 4.96. The highest BCUT2D eigenvalue weighted by atomic mass is 32.1. The van der Waals surface area contributed by atoms with Crippen molar-refractivity contribution in [1.29, 1.82) is 0 Å². The van der Waals surface area contributed by atoms with E-state index in [1.165, 1.54) is 44.2 Å². The van der Waals surface area contributed by atoms with E-state index in [2.05, 4.69) is 12.6 Å². The number of ether oxygens (including phenoxy) is 1. The van der Waals surface area contributed by atoms with Crippen molar-refractivity contribution >= 4 is 12.6 Å². The summed E-state index contributed by atoms with van der Waals surface area (Å²) in [5, 5.41) is 0. The number of hydrogen-bond donors (Lipinski definition) is 1. The lowest BCUT2D eigenvalue weighted by atomic mass is 9.76. The van der Waals surface area contributed by atoms with Gasteiger partial charge < -0.3 is 4.74 Å². The average molecular weight is 254 g/mol. The molecule has 0 atom stereocenters. The molecule has 2 rings (SSSR count). The lowest BCUT2D eigenvalue weighted by molar-refractivity contribution is 0.121. The minimum Gasteiger partial charge on any atom is -0.493 e. The zero-order chi connectivity index (χ0) is 12.1. The highest BCUT2D eigenvalue weighted by Crippen LogP contribution is 2.37. The molecule has 0 unspecified atom stereocenters. The van der Waals surface area contributed by atoms with Gasteiger partial charge >= 0.3 is 0 Å². The molecule has 1 aromatic rings. The van der Waals surface area contributed by atoms with Crippen molar-refractivity contribution in [2.24, 2.45) is 5.41 Å². The molecular formula is C14H19FOS. The van der Waals surface area contributed by atoms with Crippen molar-refractivity contribution in [3.8, 4) is 5.75 Å². The molecular weight excluding hydrogens is 235 g/mol. The maximum Gasteiger partial charge on any atom is 0.126 e. The smallest absolute Gasteiger partial charge is 0.126 e. The molecule has 17 heavy (non-hydrogen) atoms. The number of rotatable bonds is 4. The van der Waals surface area contributed by atoms with Gasteiger partial charge in [0.25, 0.3) is 0 Å². The van der Waals surface area contributed by atoms with Crippen molar-refractivity contribution < 1.29 is 9.13 Å². The summed E-state index contributed by atoms with van der Waals surface area (Å²) < 4.78 is 18.7. The summed E-state index contributed by atoms with van der Waals surface area (Å²) in [4.78, 5) is 0. The Morgan fingerprint density at radius 3 is 2.65 bits per heavy atom. The first-order chi connectivity index (χ1) is 8.24. The minimum absolute atomic E-state index is 0.188. The number of halogens is 1. The molecule has 0 aliphatic heterocycles. The maximum atomic E-state index is 13.0. The molecule has 0 heterocycles. The Morgan fingerprint density at radius 2 is 2.00 bits per heavy atom. The van der Waals surface area contributed by atoms with Crippen LogP contribution < -0.4 is 4.74 Å². The van der Waals surface area contributed by atoms with E-state index in [-0.39, 0.29) is 11.2 Å². The number of benzene rings is 1. The summed E-state index contributed by atoms with van der Waals surface area (Å²) in [5.41, 5.74) is 0.188. The highest BCUT2D eigenvalue weighted by Gasteiger charge is 2.31. The van der Waals surface area contributed by atoms with Gasteiger partial charge in [-0.05, 0) is 30.7 Å². The second kappa shape index (κ2) is 5.76. The molecule has 1 nitrogen and oxygen atoms in total. The second-order valence-corrected chi connectivity index (χ2v) is 5.28. The molecule has 0 amide bonds. The van der Waals surface area contributed by atoms with Gasteiger partial charge in [0.1, 0.15) is 11.6 Å². The summed E-state index contributed by atoms with van der Waals surface area (Å²) in [7, 11) is 0. The molecule has 0 saturated heterocycles. The highest BCUT2D eigenvalue weighted by molar-refractivity contribution is 7.80. The fourth-order valence-corrected chi connectivity index (χ4v) is 2.85. The van der Waals surface area contributed by atoms with Gasteiger partial charge in [0.05, 0.1) is 6.61 Å². The van der Waals surface area contributed by atoms with Crippen LogP contribution in [0.4, 0.5) is 4.39 Å². The fraction of sp³-hybridized carbons (Fsp3) is 0.571. The summed E-state index contributed by atoms with van der Waals surface area (Å²) in [6.45, 7) is 0.653. The Hall–Kier alpha value is -0.700. The van der Waals surface area contributed by atoms with Crippen LogP contribution >= 0.6 is 12.6 Å². The van der Waals surface area contributed by atoms with E-state index in [1.54, 1.807) is 12.1 Å². The van der Waals surface area contributed by atoms with E-state index in [0.717, 1.165) is 5.75 Å². The molecule has 1 aliphatic carbocycles. The molecule has 1 fully saturated rings. The molecule has 1 saturated carbocycles. The first-order valence-electron chi connectivity index (χ1n) is 6.23. The molecule has 0 spiro atoms. The Balaban J connectivity index is 1.95. The van der Waals surface area contributed by atoms with Crippen molar-refractivity contribution in [1.82, 2.24) is 0 Å². The predicted octanol–water partition coefficient (Wildman–Crippen LogP) is 4.08. The van der Waals surface area contributed by atoms with E-state index in [0.29, 0.717) is 12.4 Å². The summed E-state index contributed by atoms with van der Waals surface area (Å²) >= 11 is 4.46. The van der Waals surface area contributed by atoms with Crippen LogP contribution in [-0.2, 0) is 0 Å². The molecule has 3 heteroatoms. The molecule has 94 valence electrons. The maximum absolute atomic E-state index is 13.0. The number of hydrogen-bond acceptors (Lipinski definition) is 2. The van der Waals surface area contributed by atoms with E-state index in [9.17, 15) is 4.39 Å². The standard InChI is InChI=1S/C14H19FOS/c15-12-5-4-6-13(9-12)16-10-14(11-17)7-2-1-3-8-14/h4-6,9,17H,1-3,7-8,10-11H2. The Kier molecular flexibility index (Phi) is 4.32. The third kappa shape index (κ3) is 3.38. The Labute approximate surface area is 108 Å². The van der Waals surface area contributed by atoms with Crippen LogP contribution in [0.1, 0.15) is 32.1 Å². The summed E-state index contributed by atoms with van der Waals surface area (Å²) in [6.07, 6.45) is 6.17. The first-order valence-corrected chi connectivity index (χ1v) is 6.87. The zero-order valence-electron chi connectivity index (χ0n) is 9.99. The van der Waals surface area contributed by atoms with E-state index in [4.69, 9.17) is 4.74 Å². The lowest BCUT2D eigenvalue weighted by Crippen LogP contribution is -2.32. The summed E-state index contributed by atoms with van der Waals surface area (Å²) in [5.74, 6) is 1.23. The first kappa shape index (κ1) is 12.7. The van der Waals surface area contributed by atoms with Gasteiger partial charge in [-0.3, -0.25) is 0 Å². The zero-order valence-corrected chi connectivity index (χ0v) is 10.9. The number of thiol groups is 1. The van der Waals surface area contributed by atoms with Crippen LogP contribution in [0.2, 0.25) is 0 Å². The van der Waals surface area contributed by atoms with Crippen molar-refractivity contribution in [2.75, 3.05) is 12.4 Å². The molecule has 0 N–H and O–H groups in total. The van der Waals surface area contributed by atoms with Crippen molar-refractivity contribution in [3.05, 3.63) is 30.1 Å². The summed E-state index contributed by atoms with van der Waals surface area (Å²) in [6, 6.07) is 6.36.